The molecule has 0 aromatic heterocycles. The van der Waals surface area contributed by atoms with Crippen LogP contribution in [0.25, 0.3) is 0 Å². The van der Waals surface area contributed by atoms with Gasteiger partial charge in [-0.25, -0.2) is 0 Å². The van der Waals surface area contributed by atoms with Crippen molar-refractivity contribution in [3.63, 3.8) is 0 Å². The summed E-state index contributed by atoms with van der Waals surface area (Å²) in [6, 6.07) is -2.82. The molecular formula is C17H30N4O6. The summed E-state index contributed by atoms with van der Waals surface area (Å²) in [5.41, 5.74) is 5.63. The second-order valence-corrected chi connectivity index (χ2v) is 7.26. The van der Waals surface area contributed by atoms with Gasteiger partial charge in [0.05, 0.1) is 6.10 Å². The molecule has 10 nitrogen and oxygen atoms in total. The molecule has 1 heterocycles. The normalized spacial score (nSPS) is 20.1. The Morgan fingerprint density at radius 1 is 1.22 bits per heavy atom. The van der Waals surface area contributed by atoms with Gasteiger partial charge in [-0.2, -0.15) is 0 Å². The Balaban J connectivity index is 2.88. The number of likely N-dealkylation sites (tertiary alicyclic amines) is 1. The number of carbonyl (C=O) groups excluding carboxylic acids is 3. The van der Waals surface area contributed by atoms with E-state index in [1.165, 1.54) is 11.8 Å². The SMILES string of the molecule is CC(C)CC(NC(=O)C(N)C(C)O)C(=O)N1CCCC1C(=O)NCC(=O)O. The molecule has 1 saturated heterocycles. The van der Waals surface area contributed by atoms with Gasteiger partial charge >= 0.3 is 5.97 Å². The van der Waals surface area contributed by atoms with Gasteiger partial charge in [-0.05, 0) is 32.1 Å². The smallest absolute Gasteiger partial charge is 0.322 e. The fourth-order valence-corrected chi connectivity index (χ4v) is 2.96. The number of aliphatic hydroxyl groups excluding tert-OH is 1. The van der Waals surface area contributed by atoms with Crippen molar-refractivity contribution in [3.05, 3.63) is 0 Å². The second-order valence-electron chi connectivity index (χ2n) is 7.26. The number of carbonyl (C=O) groups is 4. The van der Waals surface area contributed by atoms with Crippen molar-refractivity contribution >= 4 is 23.7 Å². The Hall–Kier alpha value is -2.20. The van der Waals surface area contributed by atoms with E-state index in [-0.39, 0.29) is 5.92 Å². The molecule has 154 valence electrons. The molecule has 1 fully saturated rings. The Bertz CT molecular complexity index is 566. The minimum absolute atomic E-state index is 0.0870. The van der Waals surface area contributed by atoms with Gasteiger partial charge in [0.25, 0.3) is 0 Å². The van der Waals surface area contributed by atoms with E-state index in [0.717, 1.165) is 0 Å². The summed E-state index contributed by atoms with van der Waals surface area (Å²) in [5.74, 6) is -2.67. The summed E-state index contributed by atoms with van der Waals surface area (Å²) >= 11 is 0. The molecule has 0 aliphatic carbocycles. The van der Waals surface area contributed by atoms with E-state index in [0.29, 0.717) is 25.8 Å². The quantitative estimate of drug-likeness (QED) is 0.319. The molecule has 3 amide bonds. The first kappa shape index (κ1) is 22.8. The predicted octanol–water partition coefficient (Wildman–Crippen LogP) is -1.58. The van der Waals surface area contributed by atoms with Crippen LogP contribution >= 0.6 is 0 Å². The van der Waals surface area contributed by atoms with Gasteiger partial charge in [-0.15, -0.1) is 0 Å². The van der Waals surface area contributed by atoms with Crippen molar-refractivity contribution < 1.29 is 29.4 Å². The lowest BCUT2D eigenvalue weighted by Gasteiger charge is -2.30. The highest BCUT2D eigenvalue weighted by Gasteiger charge is 2.38. The van der Waals surface area contributed by atoms with Crippen LogP contribution in [0.5, 0.6) is 0 Å². The van der Waals surface area contributed by atoms with Crippen molar-refractivity contribution in [2.24, 2.45) is 11.7 Å². The van der Waals surface area contributed by atoms with Crippen LogP contribution in [0, 0.1) is 5.92 Å². The monoisotopic (exact) mass is 386 g/mol. The molecular weight excluding hydrogens is 356 g/mol. The highest BCUT2D eigenvalue weighted by atomic mass is 16.4. The summed E-state index contributed by atoms with van der Waals surface area (Å²) in [5, 5.41) is 23.0. The Kier molecular flexibility index (Phi) is 8.64. The molecule has 10 heteroatoms. The molecule has 1 rings (SSSR count). The zero-order chi connectivity index (χ0) is 20.7. The van der Waals surface area contributed by atoms with E-state index < -0.39 is 54.5 Å². The molecule has 27 heavy (non-hydrogen) atoms. The number of carboxylic acids is 1. The molecule has 6 N–H and O–H groups in total. The average molecular weight is 386 g/mol. The number of nitrogens with one attached hydrogen (secondary N) is 2. The van der Waals surface area contributed by atoms with E-state index in [2.05, 4.69) is 10.6 Å². The van der Waals surface area contributed by atoms with Crippen LogP contribution in [0.2, 0.25) is 0 Å². The van der Waals surface area contributed by atoms with Gasteiger partial charge in [0, 0.05) is 6.54 Å². The molecule has 0 bridgehead atoms. The summed E-state index contributed by atoms with van der Waals surface area (Å²) in [4.78, 5) is 49.4. The van der Waals surface area contributed by atoms with Gasteiger partial charge in [0.15, 0.2) is 0 Å². The summed E-state index contributed by atoms with van der Waals surface area (Å²) in [6.07, 6.45) is 0.303. The molecule has 0 spiro atoms. The number of amides is 3. The number of nitrogens with two attached hydrogens (primary N) is 1. The minimum Gasteiger partial charge on any atom is -0.480 e. The molecule has 0 aromatic carbocycles. The molecule has 0 radical (unpaired) electrons. The van der Waals surface area contributed by atoms with E-state index in [1.807, 2.05) is 13.8 Å². The maximum atomic E-state index is 13.0. The fraction of sp³-hybridized carbons (Fsp3) is 0.765. The first-order chi connectivity index (χ1) is 12.5. The average Bonchev–Trinajstić information content (AvgIpc) is 3.06. The number of hydrogen-bond donors (Lipinski definition) is 5. The number of aliphatic carboxylic acids is 1. The molecule has 0 saturated carbocycles. The zero-order valence-corrected chi connectivity index (χ0v) is 16.0. The van der Waals surface area contributed by atoms with E-state index in [9.17, 15) is 24.3 Å². The Morgan fingerprint density at radius 3 is 2.37 bits per heavy atom. The zero-order valence-electron chi connectivity index (χ0n) is 16.0. The van der Waals surface area contributed by atoms with Crippen LogP contribution in [0.1, 0.15) is 40.0 Å². The van der Waals surface area contributed by atoms with Crippen molar-refractivity contribution in [3.8, 4) is 0 Å². The Morgan fingerprint density at radius 2 is 1.85 bits per heavy atom. The Labute approximate surface area is 158 Å². The number of aliphatic hydroxyl groups is 1. The fourth-order valence-electron chi connectivity index (χ4n) is 2.96. The number of rotatable bonds is 9. The van der Waals surface area contributed by atoms with Gasteiger partial charge in [-0.1, -0.05) is 13.8 Å². The van der Waals surface area contributed by atoms with E-state index in [4.69, 9.17) is 10.8 Å². The summed E-state index contributed by atoms with van der Waals surface area (Å²) in [7, 11) is 0. The molecule has 0 aromatic rings. The third-order valence-corrected chi connectivity index (χ3v) is 4.40. The van der Waals surface area contributed by atoms with E-state index in [1.54, 1.807) is 0 Å². The second kappa shape index (κ2) is 10.2. The maximum Gasteiger partial charge on any atom is 0.322 e. The largest absolute Gasteiger partial charge is 0.480 e. The third-order valence-electron chi connectivity index (χ3n) is 4.40. The van der Waals surface area contributed by atoms with Crippen LogP contribution in [0.15, 0.2) is 0 Å². The van der Waals surface area contributed by atoms with Crippen LogP contribution in [0.3, 0.4) is 0 Å². The predicted molar refractivity (Wildman–Crippen MR) is 96.4 cm³/mol. The van der Waals surface area contributed by atoms with Gasteiger partial charge in [-0.3, -0.25) is 19.2 Å². The number of carboxylic acid groups (broad SMARTS) is 1. The minimum atomic E-state index is -1.17. The molecule has 4 unspecified atom stereocenters. The van der Waals surface area contributed by atoms with Crippen molar-refractivity contribution in [1.82, 2.24) is 15.5 Å². The standard InChI is InChI=1S/C17H30N4O6/c1-9(2)7-11(20-16(26)14(18)10(3)22)17(27)21-6-4-5-12(21)15(25)19-8-13(23)24/h9-12,14,22H,4-8,18H2,1-3H3,(H,19,25)(H,20,26)(H,23,24). The first-order valence-electron chi connectivity index (χ1n) is 9.08. The highest BCUT2D eigenvalue weighted by Crippen LogP contribution is 2.20. The van der Waals surface area contributed by atoms with Crippen LogP contribution in [-0.2, 0) is 19.2 Å². The maximum absolute atomic E-state index is 13.0. The number of nitrogens with zero attached hydrogens (tertiary/aromatic N) is 1. The van der Waals surface area contributed by atoms with Crippen LogP contribution in [0.4, 0.5) is 0 Å². The molecule has 4 atom stereocenters. The summed E-state index contributed by atoms with van der Waals surface area (Å²) in [6.45, 7) is 4.99. The lowest BCUT2D eigenvalue weighted by Crippen LogP contribution is -2.57. The van der Waals surface area contributed by atoms with Gasteiger partial charge < -0.3 is 31.5 Å². The van der Waals surface area contributed by atoms with Crippen LogP contribution < -0.4 is 16.4 Å². The lowest BCUT2D eigenvalue weighted by molar-refractivity contribution is -0.143. The first-order valence-corrected chi connectivity index (χ1v) is 9.08. The van der Waals surface area contributed by atoms with Crippen molar-refractivity contribution in [2.75, 3.05) is 13.1 Å². The topological polar surface area (TPSA) is 162 Å². The lowest BCUT2D eigenvalue weighted by atomic mass is 10.0. The third kappa shape index (κ3) is 6.79. The van der Waals surface area contributed by atoms with Gasteiger partial charge in [0.2, 0.25) is 17.7 Å². The number of hydrogen-bond acceptors (Lipinski definition) is 6. The van der Waals surface area contributed by atoms with Gasteiger partial charge in [0.1, 0.15) is 24.7 Å². The van der Waals surface area contributed by atoms with Crippen LogP contribution in [-0.4, -0.2) is 76.1 Å². The van der Waals surface area contributed by atoms with Crippen molar-refractivity contribution in [1.29, 1.82) is 0 Å². The van der Waals surface area contributed by atoms with E-state index >= 15 is 0 Å². The molecule has 1 aliphatic heterocycles. The van der Waals surface area contributed by atoms with Crippen molar-refractivity contribution in [2.45, 2.75) is 64.3 Å². The summed E-state index contributed by atoms with van der Waals surface area (Å²) < 4.78 is 0. The molecule has 1 aliphatic rings. The highest BCUT2D eigenvalue weighted by molar-refractivity contribution is 5.94.